The lowest BCUT2D eigenvalue weighted by Crippen LogP contribution is -2.32. The SMILES string of the molecule is CCN1C(=O)CN=C(c2ccccc2F)c2cc(Cl)ccc21. The number of aliphatic imine (C=N–C) groups is 1. The first kappa shape index (κ1) is 14.7. The second-order valence-electron chi connectivity index (χ2n) is 4.94. The van der Waals surface area contributed by atoms with Gasteiger partial charge in [-0.15, -0.1) is 0 Å². The van der Waals surface area contributed by atoms with E-state index in [1.54, 1.807) is 41.3 Å². The van der Waals surface area contributed by atoms with Gasteiger partial charge in [-0.3, -0.25) is 9.79 Å². The van der Waals surface area contributed by atoms with Crippen LogP contribution in [0.2, 0.25) is 5.02 Å². The van der Waals surface area contributed by atoms with E-state index in [4.69, 9.17) is 11.6 Å². The van der Waals surface area contributed by atoms with Crippen molar-refractivity contribution in [2.45, 2.75) is 6.92 Å². The van der Waals surface area contributed by atoms with Gasteiger partial charge >= 0.3 is 0 Å². The highest BCUT2D eigenvalue weighted by Crippen LogP contribution is 2.30. The summed E-state index contributed by atoms with van der Waals surface area (Å²) < 4.78 is 14.2. The molecule has 1 amide bonds. The second-order valence-corrected chi connectivity index (χ2v) is 5.38. The fourth-order valence-corrected chi connectivity index (χ4v) is 2.79. The number of rotatable bonds is 2. The molecule has 1 heterocycles. The molecule has 0 atom stereocenters. The van der Waals surface area contributed by atoms with Crippen molar-refractivity contribution in [3.05, 3.63) is 64.4 Å². The number of benzene rings is 2. The maximum atomic E-state index is 14.2. The molecule has 0 unspecified atom stereocenters. The molecule has 0 saturated heterocycles. The molecule has 1 aliphatic rings. The minimum Gasteiger partial charge on any atom is -0.310 e. The molecule has 0 N–H and O–H groups in total. The average molecular weight is 317 g/mol. The summed E-state index contributed by atoms with van der Waals surface area (Å²) in [6.45, 7) is 2.40. The van der Waals surface area contributed by atoms with Crippen LogP contribution in [0.3, 0.4) is 0 Å². The standard InChI is InChI=1S/C17H14ClFN2O/c1-2-21-15-8-7-11(18)9-13(15)17(20-10-16(21)22)12-5-3-4-6-14(12)19/h3-9H,2,10H2,1H3. The Hall–Kier alpha value is -2.20. The monoisotopic (exact) mass is 316 g/mol. The molecule has 22 heavy (non-hydrogen) atoms. The number of carbonyl (C=O) groups excluding carboxylic acids is 1. The van der Waals surface area contributed by atoms with E-state index in [-0.39, 0.29) is 18.3 Å². The molecule has 0 bridgehead atoms. The summed E-state index contributed by atoms with van der Waals surface area (Å²) in [5.74, 6) is -0.484. The van der Waals surface area contributed by atoms with Crippen molar-refractivity contribution >= 4 is 28.9 Å². The van der Waals surface area contributed by atoms with Gasteiger partial charge in [0.15, 0.2) is 0 Å². The van der Waals surface area contributed by atoms with Gasteiger partial charge in [0.1, 0.15) is 12.4 Å². The van der Waals surface area contributed by atoms with E-state index in [0.717, 1.165) is 0 Å². The number of carbonyl (C=O) groups is 1. The molecule has 112 valence electrons. The van der Waals surface area contributed by atoms with Gasteiger partial charge in [0.2, 0.25) is 5.91 Å². The number of hydrogen-bond donors (Lipinski definition) is 0. The maximum absolute atomic E-state index is 14.2. The van der Waals surface area contributed by atoms with Gasteiger partial charge in [-0.1, -0.05) is 23.7 Å². The van der Waals surface area contributed by atoms with Crippen LogP contribution in [0, 0.1) is 5.82 Å². The Kier molecular flexibility index (Phi) is 3.94. The molecule has 3 rings (SSSR count). The molecule has 0 aliphatic carbocycles. The van der Waals surface area contributed by atoms with E-state index < -0.39 is 0 Å². The summed E-state index contributed by atoms with van der Waals surface area (Å²) in [4.78, 5) is 18.2. The summed E-state index contributed by atoms with van der Waals surface area (Å²) in [5, 5.41) is 0.521. The van der Waals surface area contributed by atoms with Gasteiger partial charge < -0.3 is 4.90 Å². The third-order valence-corrected chi connectivity index (χ3v) is 3.86. The molecule has 3 nitrogen and oxygen atoms in total. The number of anilines is 1. The number of hydrogen-bond acceptors (Lipinski definition) is 2. The second kappa shape index (κ2) is 5.89. The van der Waals surface area contributed by atoms with E-state index in [9.17, 15) is 9.18 Å². The molecule has 0 fully saturated rings. The fourth-order valence-electron chi connectivity index (χ4n) is 2.62. The van der Waals surface area contributed by atoms with Gasteiger partial charge in [-0.05, 0) is 37.3 Å². The van der Waals surface area contributed by atoms with Crippen LogP contribution >= 0.6 is 11.6 Å². The van der Waals surface area contributed by atoms with Crippen LogP contribution in [-0.4, -0.2) is 24.7 Å². The smallest absolute Gasteiger partial charge is 0.248 e. The molecular formula is C17H14ClFN2O. The predicted molar refractivity (Wildman–Crippen MR) is 86.4 cm³/mol. The van der Waals surface area contributed by atoms with Crippen LogP contribution in [-0.2, 0) is 4.79 Å². The first-order valence-electron chi connectivity index (χ1n) is 7.01. The number of likely N-dealkylation sites (N-methyl/N-ethyl adjacent to an activating group) is 1. The van der Waals surface area contributed by atoms with Crippen LogP contribution in [0.15, 0.2) is 47.5 Å². The maximum Gasteiger partial charge on any atom is 0.248 e. The van der Waals surface area contributed by atoms with Crippen molar-refractivity contribution in [1.82, 2.24) is 0 Å². The molecule has 2 aromatic carbocycles. The Balaban J connectivity index is 2.25. The molecule has 0 saturated carbocycles. The quantitative estimate of drug-likeness (QED) is 0.832. The van der Waals surface area contributed by atoms with Crippen molar-refractivity contribution in [3.63, 3.8) is 0 Å². The van der Waals surface area contributed by atoms with Crippen molar-refractivity contribution < 1.29 is 9.18 Å². The normalized spacial score (nSPS) is 14.4. The van der Waals surface area contributed by atoms with E-state index in [1.807, 2.05) is 6.92 Å². The topological polar surface area (TPSA) is 32.7 Å². The molecule has 0 radical (unpaired) electrons. The van der Waals surface area contributed by atoms with Gasteiger partial charge in [-0.25, -0.2) is 4.39 Å². The molecule has 0 aromatic heterocycles. The average Bonchev–Trinajstić information content (AvgIpc) is 2.64. The van der Waals surface area contributed by atoms with E-state index in [2.05, 4.69) is 4.99 Å². The highest BCUT2D eigenvalue weighted by molar-refractivity contribution is 6.32. The molecule has 1 aliphatic heterocycles. The van der Waals surface area contributed by atoms with Crippen molar-refractivity contribution in [2.24, 2.45) is 4.99 Å². The first-order chi connectivity index (χ1) is 10.6. The summed E-state index contributed by atoms with van der Waals surface area (Å²) in [5.41, 5.74) is 2.21. The minimum absolute atomic E-state index is 0.0101. The summed E-state index contributed by atoms with van der Waals surface area (Å²) >= 11 is 6.10. The van der Waals surface area contributed by atoms with Gasteiger partial charge in [-0.2, -0.15) is 0 Å². The number of halogens is 2. The lowest BCUT2D eigenvalue weighted by Gasteiger charge is -2.21. The first-order valence-corrected chi connectivity index (χ1v) is 7.39. The van der Waals surface area contributed by atoms with Crippen molar-refractivity contribution in [1.29, 1.82) is 0 Å². The van der Waals surface area contributed by atoms with Gasteiger partial charge in [0, 0.05) is 22.7 Å². The largest absolute Gasteiger partial charge is 0.310 e. The predicted octanol–water partition coefficient (Wildman–Crippen LogP) is 3.68. The zero-order valence-corrected chi connectivity index (χ0v) is 12.8. The number of fused-ring (bicyclic) bond motifs is 1. The molecule has 5 heteroatoms. The Labute approximate surface area is 133 Å². The molecule has 0 spiro atoms. The zero-order chi connectivity index (χ0) is 15.7. The highest BCUT2D eigenvalue weighted by atomic mass is 35.5. The number of amides is 1. The van der Waals surface area contributed by atoms with E-state index >= 15 is 0 Å². The third-order valence-electron chi connectivity index (χ3n) is 3.62. The lowest BCUT2D eigenvalue weighted by atomic mass is 9.99. The van der Waals surface area contributed by atoms with Crippen LogP contribution in [0.1, 0.15) is 18.1 Å². The lowest BCUT2D eigenvalue weighted by molar-refractivity contribution is -0.117. The highest BCUT2D eigenvalue weighted by Gasteiger charge is 2.25. The Bertz CT molecular complexity index is 773. The van der Waals surface area contributed by atoms with Gasteiger partial charge in [0.25, 0.3) is 0 Å². The fraction of sp³-hybridized carbons (Fsp3) is 0.176. The Morgan fingerprint density at radius 1 is 1.23 bits per heavy atom. The number of benzodiazepines with no additional fused rings is 1. The Morgan fingerprint density at radius 2 is 2.00 bits per heavy atom. The van der Waals surface area contributed by atoms with Crippen LogP contribution in [0.25, 0.3) is 0 Å². The zero-order valence-electron chi connectivity index (χ0n) is 12.0. The van der Waals surface area contributed by atoms with E-state index in [0.29, 0.717) is 34.1 Å². The van der Waals surface area contributed by atoms with Crippen molar-refractivity contribution in [2.75, 3.05) is 18.0 Å². The van der Waals surface area contributed by atoms with Crippen LogP contribution in [0.5, 0.6) is 0 Å². The number of nitrogens with zero attached hydrogens (tertiary/aromatic N) is 2. The molecule has 2 aromatic rings. The Morgan fingerprint density at radius 3 is 2.73 bits per heavy atom. The van der Waals surface area contributed by atoms with Gasteiger partial charge in [0.05, 0.1) is 11.4 Å². The summed E-state index contributed by atoms with van der Waals surface area (Å²) in [6, 6.07) is 11.6. The van der Waals surface area contributed by atoms with Crippen molar-refractivity contribution in [3.8, 4) is 0 Å². The third kappa shape index (κ3) is 2.50. The van der Waals surface area contributed by atoms with Crippen LogP contribution in [0.4, 0.5) is 10.1 Å². The summed E-state index contributed by atoms with van der Waals surface area (Å²) in [6.07, 6.45) is 0. The van der Waals surface area contributed by atoms with E-state index in [1.165, 1.54) is 6.07 Å². The summed E-state index contributed by atoms with van der Waals surface area (Å²) in [7, 11) is 0. The van der Waals surface area contributed by atoms with Crippen LogP contribution < -0.4 is 4.90 Å². The minimum atomic E-state index is -0.371. The molecular weight excluding hydrogens is 303 g/mol.